The van der Waals surface area contributed by atoms with E-state index in [1.807, 2.05) is 20.9 Å². The summed E-state index contributed by atoms with van der Waals surface area (Å²) >= 11 is 3.50. The lowest BCUT2D eigenvalue weighted by Gasteiger charge is -2.09. The van der Waals surface area contributed by atoms with Gasteiger partial charge >= 0.3 is 0 Å². The molecule has 1 unspecified atom stereocenters. The Morgan fingerprint density at radius 3 is 2.65 bits per heavy atom. The van der Waals surface area contributed by atoms with Gasteiger partial charge in [0, 0.05) is 7.05 Å². The van der Waals surface area contributed by atoms with Gasteiger partial charge in [0.15, 0.2) is 5.78 Å². The van der Waals surface area contributed by atoms with Crippen LogP contribution in [0, 0.1) is 0 Å². The molecule has 2 N–H and O–H groups in total. The van der Waals surface area contributed by atoms with Crippen molar-refractivity contribution in [1.82, 2.24) is 9.78 Å². The Balaban J connectivity index is 2.81. The Morgan fingerprint density at radius 1 is 1.53 bits per heavy atom. The molecule has 0 fully saturated rings. The van der Waals surface area contributed by atoms with Gasteiger partial charge in [0.05, 0.1) is 28.3 Å². The number of aryl methyl sites for hydroxylation is 2. The Morgan fingerprint density at radius 2 is 2.18 bits per heavy atom. The number of rotatable bonds is 6. The molecule has 0 aliphatic rings. The highest BCUT2D eigenvalue weighted by atomic mass is 79.9. The summed E-state index contributed by atoms with van der Waals surface area (Å²) in [5.74, 6) is 0.0817. The van der Waals surface area contributed by atoms with Crippen LogP contribution in [0.1, 0.15) is 38.1 Å². The summed E-state index contributed by atoms with van der Waals surface area (Å²) in [6, 6.07) is -0.355. The van der Waals surface area contributed by atoms with Crippen molar-refractivity contribution in [3.63, 3.8) is 0 Å². The van der Waals surface area contributed by atoms with Crippen molar-refractivity contribution in [3.8, 4) is 0 Å². The van der Waals surface area contributed by atoms with Crippen molar-refractivity contribution in [1.29, 1.82) is 0 Å². The third kappa shape index (κ3) is 3.39. The number of carbonyl (C=O) groups excluding carboxylic acids is 1. The molecular formula is C12H20BrN3O. The Bertz CT molecular complexity index is 401. The van der Waals surface area contributed by atoms with Crippen molar-refractivity contribution < 1.29 is 4.79 Å². The molecule has 0 saturated carbocycles. The van der Waals surface area contributed by atoms with Gasteiger partial charge in [-0.3, -0.25) is 9.48 Å². The zero-order chi connectivity index (χ0) is 13.0. The van der Waals surface area contributed by atoms with Crippen LogP contribution >= 0.6 is 15.9 Å². The Labute approximate surface area is 111 Å². The smallest absolute Gasteiger partial charge is 0.155 e. The zero-order valence-corrected chi connectivity index (χ0v) is 12.2. The van der Waals surface area contributed by atoms with Crippen LogP contribution in [-0.2, 0) is 24.7 Å². The molecule has 0 aromatic carbocycles. The lowest BCUT2D eigenvalue weighted by Crippen LogP contribution is -2.32. The maximum absolute atomic E-state index is 11.9. The van der Waals surface area contributed by atoms with Crippen molar-refractivity contribution in [2.45, 2.75) is 45.6 Å². The molecular weight excluding hydrogens is 282 g/mol. The van der Waals surface area contributed by atoms with Crippen molar-refractivity contribution >= 4 is 21.7 Å². The summed E-state index contributed by atoms with van der Waals surface area (Å²) in [5, 5.41) is 4.36. The van der Waals surface area contributed by atoms with Crippen LogP contribution in [0.25, 0.3) is 0 Å². The lowest BCUT2D eigenvalue weighted by atomic mass is 10.0. The van der Waals surface area contributed by atoms with E-state index in [0.717, 1.165) is 35.1 Å². The maximum Gasteiger partial charge on any atom is 0.155 e. The largest absolute Gasteiger partial charge is 0.321 e. The molecule has 4 nitrogen and oxygen atoms in total. The SMILES string of the molecule is CCCC(N)C(=O)Cc1c(Br)c(CC)nn1C. The molecule has 96 valence electrons. The molecule has 1 aromatic heterocycles. The Hall–Kier alpha value is -0.680. The van der Waals surface area contributed by atoms with Gasteiger partial charge in [0.2, 0.25) is 0 Å². The van der Waals surface area contributed by atoms with Gasteiger partial charge in [-0.25, -0.2) is 0 Å². The average Bonchev–Trinajstić information content (AvgIpc) is 2.56. The minimum Gasteiger partial charge on any atom is -0.321 e. The summed E-state index contributed by atoms with van der Waals surface area (Å²) in [4.78, 5) is 11.9. The molecule has 5 heteroatoms. The predicted molar refractivity (Wildman–Crippen MR) is 71.9 cm³/mol. The molecule has 0 radical (unpaired) electrons. The number of ketones is 1. The van der Waals surface area contributed by atoms with E-state index >= 15 is 0 Å². The first-order chi connectivity index (χ1) is 8.01. The summed E-state index contributed by atoms with van der Waals surface area (Å²) in [7, 11) is 1.86. The second-order valence-corrected chi connectivity index (χ2v) is 5.02. The highest BCUT2D eigenvalue weighted by Gasteiger charge is 2.19. The third-order valence-corrected chi connectivity index (χ3v) is 3.77. The highest BCUT2D eigenvalue weighted by Crippen LogP contribution is 2.22. The summed E-state index contributed by atoms with van der Waals surface area (Å²) in [6.45, 7) is 4.07. The number of nitrogens with two attached hydrogens (primary N) is 1. The average molecular weight is 302 g/mol. The minimum atomic E-state index is -0.355. The molecule has 0 aliphatic heterocycles. The van der Waals surface area contributed by atoms with Gasteiger partial charge in [-0.15, -0.1) is 0 Å². The standard InChI is InChI=1S/C12H20BrN3O/c1-4-6-8(14)11(17)7-10-12(13)9(5-2)15-16(10)3/h8H,4-7,14H2,1-3H3. The second kappa shape index (κ2) is 6.31. The van der Waals surface area contributed by atoms with Crippen LogP contribution in [0.3, 0.4) is 0 Å². The fraction of sp³-hybridized carbons (Fsp3) is 0.667. The molecule has 17 heavy (non-hydrogen) atoms. The number of nitrogens with zero attached hydrogens (tertiary/aromatic N) is 2. The number of hydrogen-bond donors (Lipinski definition) is 1. The van der Waals surface area contributed by atoms with E-state index in [-0.39, 0.29) is 11.8 Å². The van der Waals surface area contributed by atoms with Gasteiger partial charge in [0.25, 0.3) is 0 Å². The Kier molecular flexibility index (Phi) is 5.33. The van der Waals surface area contributed by atoms with Crippen molar-refractivity contribution in [2.75, 3.05) is 0 Å². The number of aromatic nitrogens is 2. The second-order valence-electron chi connectivity index (χ2n) is 4.22. The van der Waals surface area contributed by atoms with Crippen molar-refractivity contribution in [2.24, 2.45) is 12.8 Å². The van der Waals surface area contributed by atoms with Crippen LogP contribution in [0.4, 0.5) is 0 Å². The van der Waals surface area contributed by atoms with Crippen LogP contribution in [0.2, 0.25) is 0 Å². The molecule has 0 amide bonds. The number of halogens is 1. The van der Waals surface area contributed by atoms with Crippen LogP contribution < -0.4 is 5.73 Å². The molecule has 0 spiro atoms. The van der Waals surface area contributed by atoms with Gasteiger partial charge in [-0.05, 0) is 28.8 Å². The van der Waals surface area contributed by atoms with Gasteiger partial charge in [-0.2, -0.15) is 5.10 Å². The fourth-order valence-corrected chi connectivity index (χ4v) is 2.54. The first kappa shape index (κ1) is 14.4. The monoisotopic (exact) mass is 301 g/mol. The predicted octanol–water partition coefficient (Wildman–Crippen LogP) is 1.98. The number of Topliss-reactive ketones (excluding diaryl/α,β-unsaturated/α-hetero) is 1. The first-order valence-electron chi connectivity index (χ1n) is 5.99. The number of hydrogen-bond acceptors (Lipinski definition) is 3. The fourth-order valence-electron chi connectivity index (χ4n) is 1.78. The van der Waals surface area contributed by atoms with Gasteiger partial charge in [0.1, 0.15) is 0 Å². The van der Waals surface area contributed by atoms with Crippen LogP contribution in [0.15, 0.2) is 4.47 Å². The summed E-state index contributed by atoms with van der Waals surface area (Å²) in [6.07, 6.45) is 2.88. The minimum absolute atomic E-state index is 0.0817. The van der Waals surface area contributed by atoms with E-state index in [1.165, 1.54) is 0 Å². The normalized spacial score (nSPS) is 12.8. The van der Waals surface area contributed by atoms with E-state index in [2.05, 4.69) is 21.0 Å². The summed E-state index contributed by atoms with van der Waals surface area (Å²) in [5.41, 5.74) is 7.72. The zero-order valence-electron chi connectivity index (χ0n) is 10.7. The molecule has 0 saturated heterocycles. The molecule has 0 bridgehead atoms. The van der Waals surface area contributed by atoms with Gasteiger partial charge < -0.3 is 5.73 Å². The molecule has 1 atom stereocenters. The van der Waals surface area contributed by atoms with Crippen LogP contribution in [-0.4, -0.2) is 21.6 Å². The molecule has 0 aliphatic carbocycles. The quantitative estimate of drug-likeness (QED) is 0.874. The summed E-state index contributed by atoms with van der Waals surface area (Å²) < 4.78 is 2.71. The molecule has 1 aromatic rings. The van der Waals surface area contributed by atoms with E-state index in [4.69, 9.17) is 5.73 Å². The van der Waals surface area contributed by atoms with Gasteiger partial charge in [-0.1, -0.05) is 20.3 Å². The third-order valence-electron chi connectivity index (χ3n) is 2.86. The van der Waals surface area contributed by atoms with E-state index in [0.29, 0.717) is 6.42 Å². The first-order valence-corrected chi connectivity index (χ1v) is 6.79. The van der Waals surface area contributed by atoms with E-state index in [9.17, 15) is 4.79 Å². The molecule has 1 rings (SSSR count). The van der Waals surface area contributed by atoms with E-state index in [1.54, 1.807) is 4.68 Å². The molecule has 1 heterocycles. The topological polar surface area (TPSA) is 60.9 Å². The van der Waals surface area contributed by atoms with Crippen molar-refractivity contribution in [3.05, 3.63) is 15.9 Å². The number of carbonyl (C=O) groups is 1. The maximum atomic E-state index is 11.9. The van der Waals surface area contributed by atoms with E-state index < -0.39 is 0 Å². The lowest BCUT2D eigenvalue weighted by molar-refractivity contribution is -0.119. The highest BCUT2D eigenvalue weighted by molar-refractivity contribution is 9.10. The van der Waals surface area contributed by atoms with Crippen LogP contribution in [0.5, 0.6) is 0 Å².